The third-order valence-electron chi connectivity index (χ3n) is 3.00. The number of nitrogen functional groups attached to an aromatic ring is 2. The lowest BCUT2D eigenvalue weighted by Crippen LogP contribution is -2.22. The summed E-state index contributed by atoms with van der Waals surface area (Å²) in [5.74, 6) is 0.334. The van der Waals surface area contributed by atoms with E-state index in [0.717, 1.165) is 0 Å². The van der Waals surface area contributed by atoms with Gasteiger partial charge in [0.2, 0.25) is 5.95 Å². The van der Waals surface area contributed by atoms with Crippen molar-refractivity contribution in [2.45, 2.75) is 6.92 Å². The number of nitrogens with zero attached hydrogens (tertiary/aromatic N) is 3. The second-order valence-corrected chi connectivity index (χ2v) is 5.13. The average molecular weight is 388 g/mol. The maximum atomic E-state index is 11.0. The van der Waals surface area contributed by atoms with Gasteiger partial charge in [-0.3, -0.25) is 19.6 Å². The quantitative estimate of drug-likeness (QED) is 0.175. The van der Waals surface area contributed by atoms with Crippen molar-refractivity contribution in [3.63, 3.8) is 0 Å². The van der Waals surface area contributed by atoms with Crippen LogP contribution in [0, 0.1) is 6.92 Å². The summed E-state index contributed by atoms with van der Waals surface area (Å²) in [6, 6.07) is 1.52. The molecule has 0 aliphatic rings. The Balaban J connectivity index is 0.000000153. The third kappa shape index (κ3) is 5.51. The van der Waals surface area contributed by atoms with Gasteiger partial charge >= 0.3 is 11.4 Å². The van der Waals surface area contributed by atoms with Crippen LogP contribution in [-0.4, -0.2) is 39.9 Å². The first kappa shape index (κ1) is 19.8. The molecule has 4 heterocycles. The number of aromatic nitrogens is 8. The van der Waals surface area contributed by atoms with Gasteiger partial charge in [0.25, 0.3) is 11.1 Å². The predicted octanol–water partition coefficient (Wildman–Crippen LogP) is -2.05. The van der Waals surface area contributed by atoms with Crippen molar-refractivity contribution in [2.24, 2.45) is 0 Å². The van der Waals surface area contributed by atoms with Crippen molar-refractivity contribution in [3.8, 4) is 0 Å². The Morgan fingerprint density at radius 1 is 0.929 bits per heavy atom. The van der Waals surface area contributed by atoms with Gasteiger partial charge in [0, 0.05) is 18.0 Å². The minimum atomic E-state index is -0.467. The van der Waals surface area contributed by atoms with E-state index in [1.807, 2.05) is 0 Å². The Bertz CT molecular complexity index is 1300. The molecule has 0 saturated heterocycles. The predicted molar refractivity (Wildman–Crippen MR) is 101 cm³/mol. The van der Waals surface area contributed by atoms with Gasteiger partial charge in [-0.05, 0) is 13.0 Å². The van der Waals surface area contributed by atoms with E-state index in [0.29, 0.717) is 11.2 Å². The van der Waals surface area contributed by atoms with Crippen LogP contribution in [0.3, 0.4) is 0 Å². The fourth-order valence-corrected chi connectivity index (χ4v) is 1.73. The molecule has 0 aromatic carbocycles. The molecule has 0 aliphatic heterocycles. The van der Waals surface area contributed by atoms with Crippen LogP contribution in [-0.2, 0) is 0 Å². The standard InChI is InChI=1S/C5H5N5O.C5H6N2O2.C4H5N3O/c6-5-9-3-2(4(11)10-5)7-1-8-3;1-3-2-6-5(9)7-4(3)8;5-3-1-2-6-4(8)7-3/h1H,(H4,6,7,8,9,10,11);2H,1H3,(H2,6,7,8,9);1-2H,(H3,5,6,7,8). The molecule has 0 aliphatic carbocycles. The lowest BCUT2D eigenvalue weighted by molar-refractivity contribution is 1.01. The minimum absolute atomic E-state index is 0.0896. The molecule has 146 valence electrons. The first-order valence-electron chi connectivity index (χ1n) is 7.55. The van der Waals surface area contributed by atoms with Gasteiger partial charge in [-0.1, -0.05) is 0 Å². The molecular formula is C14H16N10O4. The maximum absolute atomic E-state index is 11.0. The van der Waals surface area contributed by atoms with Crippen LogP contribution < -0.4 is 34.0 Å². The van der Waals surface area contributed by atoms with E-state index in [-0.39, 0.29) is 28.4 Å². The molecule has 0 spiro atoms. The van der Waals surface area contributed by atoms with Crippen molar-refractivity contribution in [1.29, 1.82) is 0 Å². The number of anilines is 2. The second kappa shape index (κ2) is 8.75. The van der Waals surface area contributed by atoms with Crippen LogP contribution >= 0.6 is 0 Å². The molecule has 14 heteroatoms. The second-order valence-electron chi connectivity index (χ2n) is 5.13. The van der Waals surface area contributed by atoms with Crippen LogP contribution in [0.15, 0.2) is 44.0 Å². The van der Waals surface area contributed by atoms with Crippen LogP contribution in [0.5, 0.6) is 0 Å². The van der Waals surface area contributed by atoms with Crippen LogP contribution in [0.1, 0.15) is 5.56 Å². The highest BCUT2D eigenvalue weighted by Gasteiger charge is 2.01. The topological polar surface area (TPSA) is 238 Å². The summed E-state index contributed by atoms with van der Waals surface area (Å²) in [5.41, 5.74) is 10.1. The van der Waals surface area contributed by atoms with E-state index in [4.69, 9.17) is 11.5 Å². The molecule has 4 rings (SSSR count). The number of imidazole rings is 1. The van der Waals surface area contributed by atoms with E-state index in [2.05, 4.69) is 39.9 Å². The van der Waals surface area contributed by atoms with Gasteiger partial charge in [0.15, 0.2) is 11.2 Å². The maximum Gasteiger partial charge on any atom is 0.346 e. The molecule has 0 radical (unpaired) electrons. The highest BCUT2D eigenvalue weighted by Crippen LogP contribution is 1.98. The Morgan fingerprint density at radius 3 is 2.25 bits per heavy atom. The summed E-state index contributed by atoms with van der Waals surface area (Å²) in [6.45, 7) is 1.62. The van der Waals surface area contributed by atoms with Crippen molar-refractivity contribution < 1.29 is 0 Å². The highest BCUT2D eigenvalue weighted by molar-refractivity contribution is 5.69. The van der Waals surface area contributed by atoms with Crippen LogP contribution in [0.4, 0.5) is 11.8 Å². The molecule has 0 saturated carbocycles. The smallest absolute Gasteiger partial charge is 0.346 e. The van der Waals surface area contributed by atoms with Gasteiger partial charge in [0.1, 0.15) is 5.82 Å². The SMILES string of the molecule is Cc1c[nH]c(=O)[nH]c1=O.Nc1cc[nH]c(=O)n1.Nc1nc2[nH]cnc2c(=O)[nH]1. The monoisotopic (exact) mass is 388 g/mol. The van der Waals surface area contributed by atoms with Gasteiger partial charge in [-0.2, -0.15) is 9.97 Å². The minimum Gasteiger partial charge on any atom is -0.383 e. The first-order valence-corrected chi connectivity index (χ1v) is 7.55. The number of fused-ring (bicyclic) bond motifs is 1. The van der Waals surface area contributed by atoms with E-state index in [1.54, 1.807) is 6.92 Å². The Morgan fingerprint density at radius 2 is 1.68 bits per heavy atom. The zero-order valence-corrected chi connectivity index (χ0v) is 14.4. The molecule has 0 fully saturated rings. The summed E-state index contributed by atoms with van der Waals surface area (Å²) in [4.78, 5) is 64.8. The molecule has 4 aromatic heterocycles. The fraction of sp³-hybridized carbons (Fsp3) is 0.0714. The van der Waals surface area contributed by atoms with Crippen molar-refractivity contribution in [1.82, 2.24) is 39.9 Å². The van der Waals surface area contributed by atoms with Crippen molar-refractivity contribution >= 4 is 22.9 Å². The summed E-state index contributed by atoms with van der Waals surface area (Å²) in [6.07, 6.45) is 4.22. The number of hydrogen-bond donors (Lipinski definition) is 7. The molecule has 14 nitrogen and oxygen atoms in total. The fourth-order valence-electron chi connectivity index (χ4n) is 1.73. The van der Waals surface area contributed by atoms with E-state index >= 15 is 0 Å². The lowest BCUT2D eigenvalue weighted by atomic mass is 10.4. The summed E-state index contributed by atoms with van der Waals surface area (Å²) in [7, 11) is 0. The van der Waals surface area contributed by atoms with Crippen molar-refractivity contribution in [3.05, 3.63) is 72.0 Å². The molecule has 28 heavy (non-hydrogen) atoms. The highest BCUT2D eigenvalue weighted by atomic mass is 16.2. The number of aryl methyl sites for hydroxylation is 1. The Hall–Kier alpha value is -4.49. The summed E-state index contributed by atoms with van der Waals surface area (Å²) >= 11 is 0. The van der Waals surface area contributed by atoms with E-state index in [9.17, 15) is 19.2 Å². The number of nitrogens with two attached hydrogens (primary N) is 2. The zero-order chi connectivity index (χ0) is 20.7. The Kier molecular flexibility index (Phi) is 6.19. The molecular weight excluding hydrogens is 372 g/mol. The molecule has 0 amide bonds. The third-order valence-corrected chi connectivity index (χ3v) is 3.00. The molecule has 9 N–H and O–H groups in total. The van der Waals surface area contributed by atoms with Gasteiger partial charge in [-0.15, -0.1) is 0 Å². The summed E-state index contributed by atoms with van der Waals surface area (Å²) in [5, 5.41) is 0. The van der Waals surface area contributed by atoms with Gasteiger partial charge in [0.05, 0.1) is 6.33 Å². The number of H-pyrrole nitrogens is 5. The number of rotatable bonds is 0. The number of aromatic amines is 5. The summed E-state index contributed by atoms with van der Waals surface area (Å²) < 4.78 is 0. The van der Waals surface area contributed by atoms with E-state index < -0.39 is 11.4 Å². The van der Waals surface area contributed by atoms with Crippen molar-refractivity contribution in [2.75, 3.05) is 11.5 Å². The lowest BCUT2D eigenvalue weighted by Gasteiger charge is -1.89. The van der Waals surface area contributed by atoms with Crippen LogP contribution in [0.2, 0.25) is 0 Å². The largest absolute Gasteiger partial charge is 0.383 e. The van der Waals surface area contributed by atoms with Crippen LogP contribution in [0.25, 0.3) is 11.2 Å². The Labute approximate surface area is 154 Å². The normalized spacial score (nSPS) is 9.75. The molecule has 0 unspecified atom stereocenters. The van der Waals surface area contributed by atoms with Gasteiger partial charge < -0.3 is 26.4 Å². The zero-order valence-electron chi connectivity index (χ0n) is 14.4. The number of hydrogen-bond acceptors (Lipinski definition) is 9. The molecule has 0 bridgehead atoms. The average Bonchev–Trinajstić information content (AvgIpc) is 3.08. The van der Waals surface area contributed by atoms with E-state index in [1.165, 1.54) is 24.8 Å². The molecule has 4 aromatic rings. The first-order chi connectivity index (χ1) is 13.3. The number of nitrogens with one attached hydrogen (secondary N) is 5. The molecule has 0 atom stereocenters. The van der Waals surface area contributed by atoms with Gasteiger partial charge in [-0.25, -0.2) is 14.6 Å².